The molecule has 7 heteroatoms. The molecule has 2 aromatic heterocycles. The smallest absolute Gasteiger partial charge is 0.275 e. The number of carbonyl (C=O) groups excluding carboxylic acids is 1. The number of nitrogens with zero attached hydrogens (tertiary/aromatic N) is 2. The number of benzene rings is 2. The molecule has 0 atom stereocenters. The number of hydrogen-bond donors (Lipinski definition) is 1. The molecule has 0 bridgehead atoms. The average molecular weight is 488 g/mol. The van der Waals surface area contributed by atoms with Gasteiger partial charge in [-0.25, -0.2) is 9.37 Å². The number of hydrogen-bond acceptors (Lipinski definition) is 5. The van der Waals surface area contributed by atoms with Gasteiger partial charge in [-0.15, -0.1) is 11.3 Å². The second-order valence-corrected chi connectivity index (χ2v) is 9.46. The van der Waals surface area contributed by atoms with Crippen molar-refractivity contribution in [3.05, 3.63) is 101 Å². The number of amides is 1. The van der Waals surface area contributed by atoms with Crippen molar-refractivity contribution in [1.82, 2.24) is 9.88 Å². The number of anilines is 1. The van der Waals surface area contributed by atoms with Crippen LogP contribution in [0.25, 0.3) is 17.2 Å². The minimum atomic E-state index is -0.290. The number of rotatable bonds is 7. The van der Waals surface area contributed by atoms with Crippen LogP contribution in [0.3, 0.4) is 0 Å². The molecule has 0 saturated carbocycles. The molecule has 1 aliphatic rings. The van der Waals surface area contributed by atoms with Gasteiger partial charge in [0.15, 0.2) is 0 Å². The van der Waals surface area contributed by atoms with Crippen LogP contribution in [0, 0.1) is 5.82 Å². The third kappa shape index (κ3) is 5.75. The molecule has 1 saturated heterocycles. The number of furan rings is 1. The molecule has 1 fully saturated rings. The Morgan fingerprint density at radius 1 is 1.11 bits per heavy atom. The lowest BCUT2D eigenvalue weighted by atomic mass is 9.97. The SMILES string of the molecule is O=C(Nc1ccccc1-c1ccc(F)cc1)c1csc(C2CCN(CC=Cc3ccco3)CC2)n1. The van der Waals surface area contributed by atoms with Crippen LogP contribution < -0.4 is 5.32 Å². The first-order valence-electron chi connectivity index (χ1n) is 11.7. The molecule has 1 N–H and O–H groups in total. The van der Waals surface area contributed by atoms with E-state index in [-0.39, 0.29) is 11.7 Å². The first-order valence-corrected chi connectivity index (χ1v) is 12.6. The third-order valence-electron chi connectivity index (χ3n) is 6.21. The minimum absolute atomic E-state index is 0.234. The number of nitrogens with one attached hydrogen (secondary N) is 1. The molecule has 1 amide bonds. The lowest BCUT2D eigenvalue weighted by Gasteiger charge is -2.30. The van der Waals surface area contributed by atoms with Crippen molar-refractivity contribution in [2.24, 2.45) is 0 Å². The average Bonchev–Trinajstić information content (AvgIpc) is 3.58. The van der Waals surface area contributed by atoms with Crippen molar-refractivity contribution in [2.75, 3.05) is 25.0 Å². The molecule has 5 rings (SSSR count). The van der Waals surface area contributed by atoms with Crippen LogP contribution >= 0.6 is 11.3 Å². The molecule has 5 nitrogen and oxygen atoms in total. The lowest BCUT2D eigenvalue weighted by Crippen LogP contribution is -2.33. The Kier molecular flexibility index (Phi) is 7.16. The van der Waals surface area contributed by atoms with Crippen LogP contribution in [0.5, 0.6) is 0 Å². The van der Waals surface area contributed by atoms with Crippen LogP contribution in [0.15, 0.2) is 82.8 Å². The highest BCUT2D eigenvalue weighted by Gasteiger charge is 2.24. The zero-order valence-electron chi connectivity index (χ0n) is 19.2. The van der Waals surface area contributed by atoms with Crippen molar-refractivity contribution < 1.29 is 13.6 Å². The predicted octanol–water partition coefficient (Wildman–Crippen LogP) is 6.69. The fourth-order valence-electron chi connectivity index (χ4n) is 4.31. The summed E-state index contributed by atoms with van der Waals surface area (Å²) in [5.41, 5.74) is 2.79. The molecule has 4 aromatic rings. The number of para-hydroxylation sites is 1. The van der Waals surface area contributed by atoms with Gasteiger partial charge >= 0.3 is 0 Å². The van der Waals surface area contributed by atoms with Gasteiger partial charge in [-0.2, -0.15) is 0 Å². The summed E-state index contributed by atoms with van der Waals surface area (Å²) in [5, 5.41) is 5.84. The molecule has 0 aliphatic carbocycles. The fraction of sp³-hybridized carbons (Fsp3) is 0.214. The van der Waals surface area contributed by atoms with E-state index >= 15 is 0 Å². The van der Waals surface area contributed by atoms with Crippen molar-refractivity contribution >= 4 is 29.0 Å². The van der Waals surface area contributed by atoms with Crippen molar-refractivity contribution in [3.63, 3.8) is 0 Å². The van der Waals surface area contributed by atoms with E-state index in [1.54, 1.807) is 29.7 Å². The number of aromatic nitrogens is 1. The third-order valence-corrected chi connectivity index (χ3v) is 7.22. The number of piperidine rings is 1. The standard InChI is InChI=1S/C28H26FN3O2S/c29-22-11-9-20(10-12-22)24-7-1-2-8-25(24)30-27(33)26-19-35-28(31-26)21-13-16-32(17-14-21)15-3-5-23-6-4-18-34-23/h1-12,18-19,21H,13-17H2,(H,30,33). The number of likely N-dealkylation sites (tertiary alicyclic amines) is 1. The van der Waals surface area contributed by atoms with E-state index in [0.29, 0.717) is 17.3 Å². The summed E-state index contributed by atoms with van der Waals surface area (Å²) < 4.78 is 18.7. The number of halogens is 1. The maximum Gasteiger partial charge on any atom is 0.275 e. The van der Waals surface area contributed by atoms with Gasteiger partial charge in [-0.05, 0) is 67.9 Å². The van der Waals surface area contributed by atoms with Gasteiger partial charge in [-0.1, -0.05) is 36.4 Å². The fourth-order valence-corrected chi connectivity index (χ4v) is 5.28. The van der Waals surface area contributed by atoms with Crippen LogP contribution in [0.2, 0.25) is 0 Å². The topological polar surface area (TPSA) is 58.4 Å². The van der Waals surface area contributed by atoms with Crippen LogP contribution in [-0.2, 0) is 0 Å². The Morgan fingerprint density at radius 2 is 1.91 bits per heavy atom. The molecule has 178 valence electrons. The minimum Gasteiger partial charge on any atom is -0.465 e. The first kappa shape index (κ1) is 23.2. The lowest BCUT2D eigenvalue weighted by molar-refractivity contribution is 0.102. The largest absolute Gasteiger partial charge is 0.465 e. The molecular weight excluding hydrogens is 461 g/mol. The van der Waals surface area contributed by atoms with E-state index < -0.39 is 0 Å². The van der Waals surface area contributed by atoms with Crippen LogP contribution in [0.4, 0.5) is 10.1 Å². The van der Waals surface area contributed by atoms with Gasteiger partial charge in [0.05, 0.1) is 11.3 Å². The quantitative estimate of drug-likeness (QED) is 0.316. The van der Waals surface area contributed by atoms with Crippen LogP contribution in [-0.4, -0.2) is 35.4 Å². The molecule has 1 aliphatic heterocycles. The Hall–Kier alpha value is -3.55. The summed E-state index contributed by atoms with van der Waals surface area (Å²) >= 11 is 1.56. The Labute approximate surface area is 207 Å². The number of carbonyl (C=O) groups is 1. The van der Waals surface area contributed by atoms with Gasteiger partial charge in [-0.3, -0.25) is 9.69 Å². The number of thiazole rings is 1. The summed E-state index contributed by atoms with van der Waals surface area (Å²) in [6.07, 6.45) is 7.87. The van der Waals surface area contributed by atoms with Gasteiger partial charge in [0, 0.05) is 29.1 Å². The van der Waals surface area contributed by atoms with E-state index in [1.807, 2.05) is 47.9 Å². The zero-order chi connectivity index (χ0) is 24.0. The summed E-state index contributed by atoms with van der Waals surface area (Å²) in [7, 11) is 0. The molecule has 0 unspecified atom stereocenters. The van der Waals surface area contributed by atoms with Gasteiger partial charge in [0.1, 0.15) is 17.3 Å². The van der Waals surface area contributed by atoms with E-state index in [9.17, 15) is 9.18 Å². The zero-order valence-corrected chi connectivity index (χ0v) is 20.0. The summed E-state index contributed by atoms with van der Waals surface area (Å²) in [5.74, 6) is 0.719. The molecule has 3 heterocycles. The Balaban J connectivity index is 1.18. The second-order valence-electron chi connectivity index (χ2n) is 8.57. The highest BCUT2D eigenvalue weighted by atomic mass is 32.1. The predicted molar refractivity (Wildman–Crippen MR) is 138 cm³/mol. The van der Waals surface area contributed by atoms with Gasteiger partial charge in [0.25, 0.3) is 5.91 Å². The molecule has 2 aromatic carbocycles. The molecule has 0 radical (unpaired) electrons. The monoisotopic (exact) mass is 487 g/mol. The Bertz CT molecular complexity index is 1290. The maximum absolute atomic E-state index is 13.3. The summed E-state index contributed by atoms with van der Waals surface area (Å²) in [4.78, 5) is 20.1. The van der Waals surface area contributed by atoms with E-state index in [1.165, 1.54) is 12.1 Å². The molecule has 0 spiro atoms. The van der Waals surface area contributed by atoms with Crippen molar-refractivity contribution in [3.8, 4) is 11.1 Å². The van der Waals surface area contributed by atoms with E-state index in [4.69, 9.17) is 4.42 Å². The van der Waals surface area contributed by atoms with Crippen molar-refractivity contribution in [1.29, 1.82) is 0 Å². The molecule has 35 heavy (non-hydrogen) atoms. The Morgan fingerprint density at radius 3 is 2.69 bits per heavy atom. The van der Waals surface area contributed by atoms with Gasteiger partial charge < -0.3 is 9.73 Å². The maximum atomic E-state index is 13.3. The van der Waals surface area contributed by atoms with Crippen molar-refractivity contribution in [2.45, 2.75) is 18.8 Å². The normalized spacial score (nSPS) is 15.0. The van der Waals surface area contributed by atoms with E-state index in [2.05, 4.69) is 21.3 Å². The molecular formula is C28H26FN3O2S. The van der Waals surface area contributed by atoms with E-state index in [0.717, 1.165) is 54.4 Å². The summed E-state index contributed by atoms with van der Waals surface area (Å²) in [6.45, 7) is 2.89. The van der Waals surface area contributed by atoms with Crippen LogP contribution in [0.1, 0.15) is 40.0 Å². The highest BCUT2D eigenvalue weighted by Crippen LogP contribution is 2.32. The second kappa shape index (κ2) is 10.8. The highest BCUT2D eigenvalue weighted by molar-refractivity contribution is 7.10. The first-order chi connectivity index (χ1) is 17.2. The van der Waals surface area contributed by atoms with Gasteiger partial charge in [0.2, 0.25) is 0 Å². The summed E-state index contributed by atoms with van der Waals surface area (Å²) in [6, 6.07) is 17.6.